The number of fused-ring (bicyclic) bond motifs is 3. The van der Waals surface area contributed by atoms with Gasteiger partial charge >= 0.3 is 0 Å². The molecule has 12 nitrogen and oxygen atoms in total. The Balaban J connectivity index is 1.07. The fourth-order valence-electron chi connectivity index (χ4n) is 6.83. The van der Waals surface area contributed by atoms with Crippen molar-refractivity contribution in [3.8, 4) is 28.6 Å². The monoisotopic (exact) mass is 672 g/mol. The summed E-state index contributed by atoms with van der Waals surface area (Å²) >= 11 is 0. The van der Waals surface area contributed by atoms with Crippen molar-refractivity contribution in [2.45, 2.75) is 18.9 Å². The quantitative estimate of drug-likeness (QED) is 0.169. The highest BCUT2D eigenvalue weighted by molar-refractivity contribution is 6.04. The minimum atomic E-state index is -0.238. The molecule has 50 heavy (non-hydrogen) atoms. The van der Waals surface area contributed by atoms with Gasteiger partial charge in [0, 0.05) is 37.1 Å². The second kappa shape index (κ2) is 13.3. The van der Waals surface area contributed by atoms with E-state index in [9.17, 15) is 14.8 Å². The van der Waals surface area contributed by atoms with Crippen molar-refractivity contribution in [3.63, 3.8) is 0 Å². The van der Waals surface area contributed by atoms with Gasteiger partial charge in [-0.25, -0.2) is 10.0 Å². The molecular weight excluding hydrogens is 636 g/mol. The second-order valence-corrected chi connectivity index (χ2v) is 12.4. The molecule has 1 unspecified atom stereocenters. The van der Waals surface area contributed by atoms with E-state index in [4.69, 9.17) is 19.2 Å². The number of anilines is 2. The summed E-state index contributed by atoms with van der Waals surface area (Å²) in [4.78, 5) is 41.0. The number of carbonyl (C=O) groups excluding carboxylic acids is 1. The minimum Gasteiger partial charge on any atom is -0.494 e. The summed E-state index contributed by atoms with van der Waals surface area (Å²) in [5.74, 6) is 1.21. The molecule has 1 N–H and O–H groups in total. The first-order valence-electron chi connectivity index (χ1n) is 16.7. The number of morpholine rings is 1. The molecule has 12 heteroatoms. The summed E-state index contributed by atoms with van der Waals surface area (Å²) < 4.78 is 18.6. The van der Waals surface area contributed by atoms with Gasteiger partial charge in [-0.05, 0) is 67.4 Å². The molecule has 1 amide bonds. The normalized spacial score (nSPS) is 17.0. The average molecular weight is 673 g/mol. The first kappa shape index (κ1) is 31.5. The molecule has 1 aromatic heterocycles. The summed E-state index contributed by atoms with van der Waals surface area (Å²) in [6, 6.07) is 25.7. The standard InChI is InChI=1S/C38H36N6O6/c1-48-35-21-31-33(39-23-28-8-5-15-42(28)37(31)45)22-34(35)43(47)24-50-29-12-9-26(10-13-29)44-36(25-6-3-2-4-7-25)40-32-14-11-27(20-30(32)38(44)46)41-16-18-49-19-17-41/h2-4,6-7,9-14,20-23,28,47H,5,8,15-19,24H2,1H3. The average Bonchev–Trinajstić information content (AvgIpc) is 3.60. The Morgan fingerprint density at radius 1 is 0.940 bits per heavy atom. The van der Waals surface area contributed by atoms with Gasteiger partial charge in [0.05, 0.1) is 54.2 Å². The molecule has 0 saturated carbocycles. The number of nitrogens with zero attached hydrogens (tertiary/aromatic N) is 6. The van der Waals surface area contributed by atoms with Crippen molar-refractivity contribution in [2.24, 2.45) is 4.99 Å². The maximum Gasteiger partial charge on any atom is 0.266 e. The van der Waals surface area contributed by atoms with Gasteiger partial charge in [0.25, 0.3) is 11.5 Å². The number of ether oxygens (including phenoxy) is 3. The number of carbonyl (C=O) groups is 1. The van der Waals surface area contributed by atoms with E-state index < -0.39 is 0 Å². The van der Waals surface area contributed by atoms with Crippen LogP contribution < -0.4 is 25.0 Å². The third-order valence-electron chi connectivity index (χ3n) is 9.46. The first-order chi connectivity index (χ1) is 24.5. The van der Waals surface area contributed by atoms with E-state index in [1.807, 2.05) is 53.4 Å². The number of amides is 1. The highest BCUT2D eigenvalue weighted by Crippen LogP contribution is 2.38. The Morgan fingerprint density at radius 2 is 1.72 bits per heavy atom. The van der Waals surface area contributed by atoms with Gasteiger partial charge in [-0.15, -0.1) is 0 Å². The Bertz CT molecular complexity index is 2150. The molecule has 8 rings (SSSR count). The van der Waals surface area contributed by atoms with Crippen LogP contribution in [0.4, 0.5) is 17.1 Å². The van der Waals surface area contributed by atoms with E-state index in [0.717, 1.165) is 42.2 Å². The zero-order valence-electron chi connectivity index (χ0n) is 27.6. The molecule has 0 radical (unpaired) electrons. The smallest absolute Gasteiger partial charge is 0.266 e. The van der Waals surface area contributed by atoms with E-state index in [0.29, 0.717) is 70.6 Å². The van der Waals surface area contributed by atoms with Crippen molar-refractivity contribution < 1.29 is 24.2 Å². The summed E-state index contributed by atoms with van der Waals surface area (Å²) in [6.45, 7) is 3.25. The Morgan fingerprint density at radius 3 is 2.50 bits per heavy atom. The summed E-state index contributed by atoms with van der Waals surface area (Å²) in [7, 11) is 1.48. The van der Waals surface area contributed by atoms with E-state index in [-0.39, 0.29) is 24.2 Å². The molecule has 4 heterocycles. The SMILES string of the molecule is COc1cc2c(cc1N(O)COc1ccc(-n3c(-c4ccccc4)nc4ccc(N5CCOCC5)cc4c3=O)cc1)N=CC1CCCN1C2=O. The molecule has 4 aromatic carbocycles. The van der Waals surface area contributed by atoms with Gasteiger partial charge in [-0.1, -0.05) is 30.3 Å². The van der Waals surface area contributed by atoms with Crippen LogP contribution in [0.3, 0.4) is 0 Å². The lowest BCUT2D eigenvalue weighted by molar-refractivity contribution is 0.0774. The first-order valence-corrected chi connectivity index (χ1v) is 16.7. The van der Waals surface area contributed by atoms with Crippen LogP contribution in [0, 0.1) is 0 Å². The maximum atomic E-state index is 14.2. The molecule has 3 aliphatic rings. The lowest BCUT2D eigenvalue weighted by Gasteiger charge is -2.29. The lowest BCUT2D eigenvalue weighted by Crippen LogP contribution is -2.36. The maximum absolute atomic E-state index is 14.2. The van der Waals surface area contributed by atoms with Crippen molar-refractivity contribution in [1.82, 2.24) is 14.5 Å². The van der Waals surface area contributed by atoms with Crippen molar-refractivity contribution in [2.75, 3.05) is 56.7 Å². The van der Waals surface area contributed by atoms with Crippen LogP contribution in [0.5, 0.6) is 11.5 Å². The third kappa shape index (κ3) is 5.82. The second-order valence-electron chi connectivity index (χ2n) is 12.4. The van der Waals surface area contributed by atoms with Gasteiger partial charge in [0.2, 0.25) is 0 Å². The Labute approximate surface area is 288 Å². The van der Waals surface area contributed by atoms with Crippen LogP contribution in [0.15, 0.2) is 94.7 Å². The van der Waals surface area contributed by atoms with Gasteiger partial charge in [0.1, 0.15) is 23.0 Å². The van der Waals surface area contributed by atoms with Crippen molar-refractivity contribution in [3.05, 3.63) is 101 Å². The summed E-state index contributed by atoms with van der Waals surface area (Å²) in [5.41, 5.74) is 4.02. The molecule has 3 aliphatic heterocycles. The number of aromatic nitrogens is 2. The van der Waals surface area contributed by atoms with Crippen LogP contribution in [0.1, 0.15) is 23.2 Å². The fourth-order valence-corrected chi connectivity index (χ4v) is 6.83. The van der Waals surface area contributed by atoms with E-state index in [1.165, 1.54) is 7.11 Å². The lowest BCUT2D eigenvalue weighted by atomic mass is 10.1. The number of hydrogen-bond acceptors (Lipinski definition) is 10. The van der Waals surface area contributed by atoms with Crippen LogP contribution in [-0.4, -0.2) is 84.5 Å². The van der Waals surface area contributed by atoms with E-state index >= 15 is 0 Å². The number of hydroxylamine groups is 1. The highest BCUT2D eigenvalue weighted by atomic mass is 16.6. The Hall–Kier alpha value is -5.72. The topological polar surface area (TPSA) is 122 Å². The van der Waals surface area contributed by atoms with Crippen LogP contribution >= 0.6 is 0 Å². The number of methoxy groups -OCH3 is 1. The molecule has 5 aromatic rings. The number of benzene rings is 4. The van der Waals surface area contributed by atoms with Gasteiger partial charge < -0.3 is 24.0 Å². The van der Waals surface area contributed by atoms with E-state index in [1.54, 1.807) is 47.2 Å². The molecule has 1 atom stereocenters. The number of hydrogen-bond donors (Lipinski definition) is 1. The highest BCUT2D eigenvalue weighted by Gasteiger charge is 2.33. The molecule has 0 spiro atoms. The van der Waals surface area contributed by atoms with Gasteiger partial charge in [-0.2, -0.15) is 0 Å². The fraction of sp³-hybridized carbons (Fsp3) is 0.263. The van der Waals surface area contributed by atoms with Gasteiger partial charge in [-0.3, -0.25) is 24.4 Å². The van der Waals surface area contributed by atoms with Crippen molar-refractivity contribution >= 4 is 40.1 Å². The zero-order chi connectivity index (χ0) is 34.2. The number of rotatable bonds is 8. The van der Waals surface area contributed by atoms with Gasteiger partial charge in [0.15, 0.2) is 6.73 Å². The predicted octanol–water partition coefficient (Wildman–Crippen LogP) is 5.45. The van der Waals surface area contributed by atoms with Crippen molar-refractivity contribution in [1.29, 1.82) is 0 Å². The third-order valence-corrected chi connectivity index (χ3v) is 9.46. The molecule has 254 valence electrons. The van der Waals surface area contributed by atoms with Crippen LogP contribution in [-0.2, 0) is 4.74 Å². The largest absolute Gasteiger partial charge is 0.494 e. The molecule has 2 fully saturated rings. The molecule has 2 saturated heterocycles. The summed E-state index contributed by atoms with van der Waals surface area (Å²) in [6.07, 6.45) is 3.62. The molecule has 0 aliphatic carbocycles. The van der Waals surface area contributed by atoms with Crippen LogP contribution in [0.2, 0.25) is 0 Å². The molecule has 0 bridgehead atoms. The number of aliphatic imine (C=N–C) groups is 1. The minimum absolute atomic E-state index is 0.0292. The van der Waals surface area contributed by atoms with Crippen LogP contribution in [0.25, 0.3) is 28.0 Å². The zero-order valence-corrected chi connectivity index (χ0v) is 27.6. The van der Waals surface area contributed by atoms with E-state index in [2.05, 4.69) is 9.89 Å². The molecular formula is C38H36N6O6. The summed E-state index contributed by atoms with van der Waals surface area (Å²) in [5, 5.41) is 12.5. The Kier molecular flexibility index (Phi) is 8.39. The predicted molar refractivity (Wildman–Crippen MR) is 191 cm³/mol.